The van der Waals surface area contributed by atoms with Crippen LogP contribution in [0.4, 0.5) is 0 Å². The Hall–Kier alpha value is -1.84. The van der Waals surface area contributed by atoms with E-state index in [1.54, 1.807) is 4.90 Å². The highest BCUT2D eigenvalue weighted by molar-refractivity contribution is 5.89. The number of hydrogen-bond donors (Lipinski definition) is 1. The van der Waals surface area contributed by atoms with Crippen molar-refractivity contribution in [1.82, 2.24) is 4.90 Å². The lowest BCUT2D eigenvalue weighted by Gasteiger charge is -2.37. The number of carbonyl (C=O) groups is 2. The fourth-order valence-corrected chi connectivity index (χ4v) is 3.40. The summed E-state index contributed by atoms with van der Waals surface area (Å²) >= 11 is 0. The van der Waals surface area contributed by atoms with Crippen molar-refractivity contribution < 1.29 is 14.7 Å². The Labute approximate surface area is 112 Å². The van der Waals surface area contributed by atoms with Gasteiger partial charge in [0, 0.05) is 6.04 Å². The summed E-state index contributed by atoms with van der Waals surface area (Å²) in [6.07, 6.45) is 3.16. The first-order valence-electron chi connectivity index (χ1n) is 6.78. The van der Waals surface area contributed by atoms with Crippen molar-refractivity contribution in [3.05, 3.63) is 35.9 Å². The van der Waals surface area contributed by atoms with Crippen LogP contribution in [0.3, 0.4) is 0 Å². The molecule has 2 aliphatic heterocycles. The van der Waals surface area contributed by atoms with Crippen molar-refractivity contribution in [3.8, 4) is 0 Å². The second-order valence-corrected chi connectivity index (χ2v) is 5.37. The average Bonchev–Trinajstić information content (AvgIpc) is 2.85. The number of hydrogen-bond acceptors (Lipinski definition) is 2. The first-order chi connectivity index (χ1) is 9.18. The van der Waals surface area contributed by atoms with Crippen molar-refractivity contribution in [2.75, 3.05) is 0 Å². The molecule has 100 valence electrons. The van der Waals surface area contributed by atoms with Gasteiger partial charge in [0.05, 0.1) is 5.92 Å². The van der Waals surface area contributed by atoms with E-state index < -0.39 is 12.0 Å². The van der Waals surface area contributed by atoms with E-state index >= 15 is 0 Å². The zero-order valence-corrected chi connectivity index (χ0v) is 10.7. The van der Waals surface area contributed by atoms with Gasteiger partial charge in [-0.3, -0.25) is 4.79 Å². The van der Waals surface area contributed by atoms with E-state index in [2.05, 4.69) is 0 Å². The SMILES string of the molecule is O=C(O)C1CCC2CCC(c3ccccc3)C(=O)N21. The molecular formula is C15H17NO3. The van der Waals surface area contributed by atoms with Gasteiger partial charge in [-0.1, -0.05) is 30.3 Å². The second-order valence-electron chi connectivity index (χ2n) is 5.37. The summed E-state index contributed by atoms with van der Waals surface area (Å²) in [4.78, 5) is 25.5. The van der Waals surface area contributed by atoms with E-state index in [1.165, 1.54) is 0 Å². The first kappa shape index (κ1) is 12.2. The molecule has 4 heteroatoms. The molecule has 19 heavy (non-hydrogen) atoms. The van der Waals surface area contributed by atoms with Gasteiger partial charge < -0.3 is 10.0 Å². The normalized spacial score (nSPS) is 30.2. The Morgan fingerprint density at radius 1 is 1.11 bits per heavy atom. The highest BCUT2D eigenvalue weighted by Gasteiger charge is 2.46. The molecule has 4 nitrogen and oxygen atoms in total. The summed E-state index contributed by atoms with van der Waals surface area (Å²) in [7, 11) is 0. The molecule has 0 aliphatic carbocycles. The summed E-state index contributed by atoms with van der Waals surface area (Å²) in [6.45, 7) is 0. The van der Waals surface area contributed by atoms with Crippen LogP contribution in [-0.2, 0) is 9.59 Å². The highest BCUT2D eigenvalue weighted by Crippen LogP contribution is 2.38. The Morgan fingerprint density at radius 3 is 2.47 bits per heavy atom. The van der Waals surface area contributed by atoms with Gasteiger partial charge in [-0.15, -0.1) is 0 Å². The number of aliphatic carboxylic acids is 1. The molecule has 1 aromatic carbocycles. The van der Waals surface area contributed by atoms with Gasteiger partial charge in [-0.25, -0.2) is 4.79 Å². The summed E-state index contributed by atoms with van der Waals surface area (Å²) < 4.78 is 0. The van der Waals surface area contributed by atoms with Gasteiger partial charge in [0.1, 0.15) is 6.04 Å². The molecule has 0 spiro atoms. The van der Waals surface area contributed by atoms with E-state index in [0.29, 0.717) is 6.42 Å². The molecule has 3 atom stereocenters. The van der Waals surface area contributed by atoms with E-state index in [1.807, 2.05) is 30.3 Å². The fraction of sp³-hybridized carbons (Fsp3) is 0.467. The minimum atomic E-state index is -0.871. The third-order valence-corrected chi connectivity index (χ3v) is 4.33. The van der Waals surface area contributed by atoms with Crippen LogP contribution >= 0.6 is 0 Å². The Morgan fingerprint density at radius 2 is 1.79 bits per heavy atom. The van der Waals surface area contributed by atoms with Crippen molar-refractivity contribution in [2.45, 2.75) is 43.7 Å². The molecular weight excluding hydrogens is 242 g/mol. The summed E-state index contributed by atoms with van der Waals surface area (Å²) in [6, 6.07) is 9.19. The third-order valence-electron chi connectivity index (χ3n) is 4.33. The lowest BCUT2D eigenvalue weighted by atomic mass is 9.87. The van der Waals surface area contributed by atoms with Crippen LogP contribution in [-0.4, -0.2) is 34.0 Å². The minimum absolute atomic E-state index is 0.00708. The van der Waals surface area contributed by atoms with Gasteiger partial charge in [0.15, 0.2) is 0 Å². The molecule has 1 amide bonds. The molecule has 0 aromatic heterocycles. The number of carboxylic acids is 1. The monoisotopic (exact) mass is 259 g/mol. The lowest BCUT2D eigenvalue weighted by Crippen LogP contribution is -2.49. The predicted molar refractivity (Wildman–Crippen MR) is 69.7 cm³/mol. The third kappa shape index (κ3) is 2.01. The predicted octanol–water partition coefficient (Wildman–Crippen LogP) is 2.01. The van der Waals surface area contributed by atoms with Crippen LogP contribution in [0.5, 0.6) is 0 Å². The van der Waals surface area contributed by atoms with Gasteiger partial charge in [-0.05, 0) is 31.2 Å². The van der Waals surface area contributed by atoms with Crippen LogP contribution in [0.2, 0.25) is 0 Å². The number of carboxylic acid groups (broad SMARTS) is 1. The summed E-state index contributed by atoms with van der Waals surface area (Å²) in [5.41, 5.74) is 1.00. The Balaban J connectivity index is 1.88. The molecule has 2 heterocycles. The average molecular weight is 259 g/mol. The Bertz CT molecular complexity index is 499. The molecule has 1 N–H and O–H groups in total. The number of amides is 1. The van der Waals surface area contributed by atoms with Crippen LogP contribution < -0.4 is 0 Å². The van der Waals surface area contributed by atoms with Crippen molar-refractivity contribution in [3.63, 3.8) is 0 Å². The number of nitrogens with zero attached hydrogens (tertiary/aromatic N) is 1. The lowest BCUT2D eigenvalue weighted by molar-refractivity contribution is -0.152. The number of benzene rings is 1. The van der Waals surface area contributed by atoms with Crippen LogP contribution in [0.1, 0.15) is 37.2 Å². The summed E-state index contributed by atoms with van der Waals surface area (Å²) in [5, 5.41) is 9.23. The van der Waals surface area contributed by atoms with Gasteiger partial charge in [0.25, 0.3) is 0 Å². The second kappa shape index (κ2) is 4.68. The Kier molecular flexibility index (Phi) is 3.01. The molecule has 0 saturated carbocycles. The quantitative estimate of drug-likeness (QED) is 0.883. The number of piperidine rings is 1. The summed E-state index contributed by atoms with van der Waals surface area (Å²) in [5.74, 6) is -1.05. The topological polar surface area (TPSA) is 57.6 Å². The van der Waals surface area contributed by atoms with Crippen LogP contribution in [0.25, 0.3) is 0 Å². The highest BCUT2D eigenvalue weighted by atomic mass is 16.4. The van der Waals surface area contributed by atoms with Crippen LogP contribution in [0.15, 0.2) is 30.3 Å². The van der Waals surface area contributed by atoms with Gasteiger partial charge in [0.2, 0.25) is 5.91 Å². The van der Waals surface area contributed by atoms with Crippen molar-refractivity contribution in [1.29, 1.82) is 0 Å². The maximum atomic E-state index is 12.6. The standard InChI is InChI=1S/C15H17NO3/c17-14-12(10-4-2-1-3-5-10)8-6-11-7-9-13(15(18)19)16(11)14/h1-5,11-13H,6-9H2,(H,18,19). The van der Waals surface area contributed by atoms with Gasteiger partial charge >= 0.3 is 5.97 Å². The molecule has 3 unspecified atom stereocenters. The largest absolute Gasteiger partial charge is 0.480 e. The van der Waals surface area contributed by atoms with E-state index in [-0.39, 0.29) is 17.9 Å². The van der Waals surface area contributed by atoms with Crippen LogP contribution in [0, 0.1) is 0 Å². The maximum Gasteiger partial charge on any atom is 0.326 e. The molecule has 2 fully saturated rings. The first-order valence-corrected chi connectivity index (χ1v) is 6.78. The number of fused-ring (bicyclic) bond motifs is 1. The zero-order valence-electron chi connectivity index (χ0n) is 10.7. The van der Waals surface area contributed by atoms with Crippen molar-refractivity contribution in [2.24, 2.45) is 0 Å². The minimum Gasteiger partial charge on any atom is -0.480 e. The smallest absolute Gasteiger partial charge is 0.326 e. The molecule has 2 saturated heterocycles. The van der Waals surface area contributed by atoms with Gasteiger partial charge in [-0.2, -0.15) is 0 Å². The number of rotatable bonds is 2. The molecule has 0 bridgehead atoms. The fourth-order valence-electron chi connectivity index (χ4n) is 3.40. The maximum absolute atomic E-state index is 12.6. The van der Waals surface area contributed by atoms with E-state index in [9.17, 15) is 14.7 Å². The van der Waals surface area contributed by atoms with E-state index in [4.69, 9.17) is 0 Å². The number of carbonyl (C=O) groups excluding carboxylic acids is 1. The van der Waals surface area contributed by atoms with E-state index in [0.717, 1.165) is 24.8 Å². The zero-order chi connectivity index (χ0) is 13.4. The van der Waals surface area contributed by atoms with Crippen molar-refractivity contribution >= 4 is 11.9 Å². The molecule has 3 rings (SSSR count). The molecule has 2 aliphatic rings. The molecule has 0 radical (unpaired) electrons. The molecule has 1 aromatic rings.